The van der Waals surface area contributed by atoms with Crippen LogP contribution in [0.2, 0.25) is 10.0 Å². The number of hydrogen-bond donors (Lipinski definition) is 3. The number of nitrogens with zero attached hydrogens (tertiary/aromatic N) is 4. The number of nitrogen functional groups attached to an aromatic ring is 1. The quantitative estimate of drug-likeness (QED) is 0.310. The van der Waals surface area contributed by atoms with Gasteiger partial charge >= 0.3 is 6.72 Å². The van der Waals surface area contributed by atoms with Crippen molar-refractivity contribution in [1.82, 2.24) is 19.5 Å². The molecule has 2 fully saturated rings. The van der Waals surface area contributed by atoms with Gasteiger partial charge in [0.05, 0.1) is 30.7 Å². The van der Waals surface area contributed by atoms with Gasteiger partial charge in [-0.15, -0.1) is 0 Å². The summed E-state index contributed by atoms with van der Waals surface area (Å²) < 4.78 is 38.5. The summed E-state index contributed by atoms with van der Waals surface area (Å²) in [6.45, 7) is -3.38. The molecule has 0 amide bonds. The van der Waals surface area contributed by atoms with E-state index in [9.17, 15) is 14.6 Å². The van der Waals surface area contributed by atoms with E-state index >= 15 is 0 Å². The van der Waals surface area contributed by atoms with Gasteiger partial charge in [0.1, 0.15) is 36.0 Å². The van der Waals surface area contributed by atoms with Crippen molar-refractivity contribution in [3.63, 3.8) is 0 Å². The topological polar surface area (TPSA) is 147 Å². The lowest BCUT2D eigenvalue weighted by molar-refractivity contribution is -0.0533. The Morgan fingerprint density at radius 3 is 2.83 bits per heavy atom. The second kappa shape index (κ2) is 9.75. The van der Waals surface area contributed by atoms with E-state index in [1.165, 1.54) is 29.4 Å². The van der Waals surface area contributed by atoms with Gasteiger partial charge in [-0.1, -0.05) is 23.2 Å². The van der Waals surface area contributed by atoms with Crippen LogP contribution in [0.3, 0.4) is 0 Å². The van der Waals surface area contributed by atoms with Gasteiger partial charge in [-0.3, -0.25) is 4.57 Å². The van der Waals surface area contributed by atoms with Gasteiger partial charge in [-0.05, 0) is 23.9 Å². The molecule has 4 N–H and O–H groups in total. The van der Waals surface area contributed by atoms with Crippen LogP contribution < -0.4 is 5.73 Å². The van der Waals surface area contributed by atoms with E-state index in [2.05, 4.69) is 15.0 Å². The van der Waals surface area contributed by atoms with E-state index in [-0.39, 0.29) is 29.1 Å². The number of fused-ring (bicyclic) bond motifs is 1. The second-order valence-corrected chi connectivity index (χ2v) is 11.7. The van der Waals surface area contributed by atoms with Crippen molar-refractivity contribution >= 4 is 58.7 Å². The number of aliphatic hydroxyl groups is 2. The third-order valence-corrected chi connectivity index (χ3v) is 8.65. The van der Waals surface area contributed by atoms with Crippen LogP contribution in [0.5, 0.6) is 0 Å². The Morgan fingerprint density at radius 1 is 1.23 bits per heavy atom. The van der Waals surface area contributed by atoms with Crippen molar-refractivity contribution in [2.45, 2.75) is 37.1 Å². The first kappa shape index (κ1) is 25.2. The van der Waals surface area contributed by atoms with Gasteiger partial charge in [-0.25, -0.2) is 19.3 Å². The third kappa shape index (κ3) is 4.78. The first-order valence-electron chi connectivity index (χ1n) is 10.3. The fourth-order valence-electron chi connectivity index (χ4n) is 3.89. The highest BCUT2D eigenvalue weighted by Gasteiger charge is 2.45. The molecule has 3 aromatic rings. The van der Waals surface area contributed by atoms with Crippen molar-refractivity contribution in [3.05, 3.63) is 46.2 Å². The standard InChI is InChI=1S/C19H19Cl2FN5O6PS/c20-9-4-10(21)11(22)3-8(9)12-1-2-30-34(35,33-12)31-5-13-15(28)16(29)19(32-13)27-7-26-14-17(23)24-6-25-18(14)27/h3-4,6-7,12-13,15-16,19,28-29H,1-2,5H2,(H2,23,24,25)/t12?,13-,15-,16-,19-,34?/m1/s1. The largest absolute Gasteiger partial charge is 0.387 e. The zero-order chi connectivity index (χ0) is 24.9. The maximum atomic E-state index is 14.0. The zero-order valence-electron chi connectivity index (χ0n) is 17.7. The molecule has 0 radical (unpaired) electrons. The summed E-state index contributed by atoms with van der Waals surface area (Å²) in [5.41, 5.74) is 6.84. The van der Waals surface area contributed by atoms with Crippen LogP contribution in [0.15, 0.2) is 24.8 Å². The highest BCUT2D eigenvalue weighted by Crippen LogP contribution is 2.58. The molecule has 0 aliphatic carbocycles. The molecule has 35 heavy (non-hydrogen) atoms. The second-order valence-electron chi connectivity index (χ2n) is 7.88. The fraction of sp³-hybridized carbons (Fsp3) is 0.421. The summed E-state index contributed by atoms with van der Waals surface area (Å²) >= 11 is 17.5. The molecule has 2 aliphatic heterocycles. The molecule has 2 saturated heterocycles. The lowest BCUT2D eigenvalue weighted by atomic mass is 10.1. The summed E-state index contributed by atoms with van der Waals surface area (Å²) in [6.07, 6.45) is -2.31. The maximum absolute atomic E-state index is 14.0. The lowest BCUT2D eigenvalue weighted by Gasteiger charge is -2.33. The first-order valence-corrected chi connectivity index (χ1v) is 13.6. The predicted octanol–water partition coefficient (Wildman–Crippen LogP) is 2.89. The fourth-order valence-corrected chi connectivity index (χ4v) is 6.50. The molecular formula is C19H19Cl2FN5O6PS. The van der Waals surface area contributed by atoms with E-state index in [1.54, 1.807) is 0 Å². The highest BCUT2D eigenvalue weighted by molar-refractivity contribution is 8.07. The molecule has 4 heterocycles. The van der Waals surface area contributed by atoms with E-state index in [0.29, 0.717) is 23.1 Å². The SMILES string of the molecule is Nc1ncnc2c1ncn2[C@@H]1O[C@H](COP2(=S)OCCC(c3cc(F)c(Cl)cc3Cl)O2)[C@@H](O)[C@H]1O. The Morgan fingerprint density at radius 2 is 2.03 bits per heavy atom. The van der Waals surface area contributed by atoms with Crippen LogP contribution in [0.4, 0.5) is 10.2 Å². The Balaban J connectivity index is 1.29. The minimum absolute atomic E-state index is 0.109. The zero-order valence-corrected chi connectivity index (χ0v) is 20.9. The van der Waals surface area contributed by atoms with Crippen molar-refractivity contribution in [3.8, 4) is 0 Å². The average Bonchev–Trinajstić information content (AvgIpc) is 3.37. The summed E-state index contributed by atoms with van der Waals surface area (Å²) in [4.78, 5) is 12.1. The van der Waals surface area contributed by atoms with E-state index in [0.717, 1.165) is 0 Å². The number of aliphatic hydroxyl groups excluding tert-OH is 2. The number of hydrogen-bond acceptors (Lipinski definition) is 11. The molecule has 16 heteroatoms. The molecule has 188 valence electrons. The van der Waals surface area contributed by atoms with Crippen LogP contribution in [-0.2, 0) is 30.1 Å². The van der Waals surface area contributed by atoms with Gasteiger partial charge in [0.25, 0.3) is 0 Å². The molecule has 0 bridgehead atoms. The molecule has 0 saturated carbocycles. The summed E-state index contributed by atoms with van der Waals surface area (Å²) in [5.74, 6) is -0.474. The normalized spacial score (nSPS) is 31.3. The molecule has 2 aromatic heterocycles. The Labute approximate surface area is 213 Å². The van der Waals surface area contributed by atoms with Gasteiger partial charge in [0.2, 0.25) is 0 Å². The molecule has 2 unspecified atom stereocenters. The van der Waals surface area contributed by atoms with Crippen molar-refractivity contribution in [2.24, 2.45) is 0 Å². The van der Waals surface area contributed by atoms with Gasteiger partial charge in [-0.2, -0.15) is 0 Å². The van der Waals surface area contributed by atoms with Crippen LogP contribution in [0.1, 0.15) is 24.3 Å². The molecule has 6 atom stereocenters. The van der Waals surface area contributed by atoms with E-state index in [4.69, 9.17) is 59.1 Å². The highest BCUT2D eigenvalue weighted by atomic mass is 35.5. The Bertz CT molecular complexity index is 1320. The van der Waals surface area contributed by atoms with Gasteiger partial charge in [0.15, 0.2) is 17.7 Å². The van der Waals surface area contributed by atoms with Crippen molar-refractivity contribution in [1.29, 1.82) is 0 Å². The predicted molar refractivity (Wildman–Crippen MR) is 127 cm³/mol. The molecule has 11 nitrogen and oxygen atoms in total. The van der Waals surface area contributed by atoms with E-state index < -0.39 is 43.2 Å². The van der Waals surface area contributed by atoms with Gasteiger partial charge in [0, 0.05) is 17.0 Å². The number of nitrogens with two attached hydrogens (primary N) is 1. The van der Waals surface area contributed by atoms with E-state index in [1.807, 2.05) is 0 Å². The number of anilines is 1. The molecule has 1 aromatic carbocycles. The summed E-state index contributed by atoms with van der Waals surface area (Å²) in [5, 5.41) is 21.3. The summed E-state index contributed by atoms with van der Waals surface area (Å²) in [6, 6.07) is 2.48. The molecule has 5 rings (SSSR count). The number of rotatable bonds is 5. The van der Waals surface area contributed by atoms with Gasteiger partial charge < -0.3 is 34.3 Å². The molecule has 0 spiro atoms. The number of imidazole rings is 1. The van der Waals surface area contributed by atoms with Crippen molar-refractivity contribution < 1.29 is 32.9 Å². The monoisotopic (exact) mass is 565 g/mol. The molecule has 2 aliphatic rings. The Hall–Kier alpha value is -1.51. The third-order valence-electron chi connectivity index (χ3n) is 5.67. The maximum Gasteiger partial charge on any atom is 0.327 e. The number of aromatic nitrogens is 4. The minimum atomic E-state index is -3.32. The van der Waals surface area contributed by atoms with Crippen molar-refractivity contribution in [2.75, 3.05) is 18.9 Å². The number of halogens is 3. The average molecular weight is 566 g/mol. The number of ether oxygens (including phenoxy) is 1. The van der Waals surface area contributed by atoms with Crippen LogP contribution in [0, 0.1) is 5.82 Å². The lowest BCUT2D eigenvalue weighted by Crippen LogP contribution is -2.34. The summed E-state index contributed by atoms with van der Waals surface area (Å²) in [7, 11) is 0. The smallest absolute Gasteiger partial charge is 0.327 e. The number of benzene rings is 1. The first-order chi connectivity index (χ1) is 16.7. The molecular weight excluding hydrogens is 547 g/mol. The minimum Gasteiger partial charge on any atom is -0.387 e. The van der Waals surface area contributed by atoms with Crippen LogP contribution in [-0.4, -0.2) is 61.3 Å². The van der Waals surface area contributed by atoms with Crippen LogP contribution in [0.25, 0.3) is 11.2 Å². The van der Waals surface area contributed by atoms with Crippen LogP contribution >= 0.6 is 29.9 Å². The Kier molecular flexibility index (Phi) is 7.01.